The average molecular weight is 255 g/mol. The Morgan fingerprint density at radius 3 is 2.71 bits per heavy atom. The summed E-state index contributed by atoms with van der Waals surface area (Å²) in [6.07, 6.45) is 3.12. The summed E-state index contributed by atoms with van der Waals surface area (Å²) >= 11 is 0. The number of aromatic amines is 1. The van der Waals surface area contributed by atoms with E-state index in [0.29, 0.717) is 0 Å². The lowest BCUT2D eigenvalue weighted by molar-refractivity contribution is 0.411. The molecule has 1 heterocycles. The van der Waals surface area contributed by atoms with Crippen molar-refractivity contribution in [2.24, 2.45) is 0 Å². The molecule has 2 aromatic rings. The monoisotopic (exact) mass is 254 g/mol. The number of hydrogen-bond acceptors (Lipinski definition) is 2. The standard InChI is InChI=1S/C13H18N2O.ClH/c1-15(2)8-7-10-9-14-11-5-4-6-12(16-3)13(10)11;/h4-6,9,14H,7-8H2,1-3H3;1H. The molecule has 0 atom stereocenters. The first-order valence-electron chi connectivity index (χ1n) is 5.50. The largest absolute Gasteiger partial charge is 0.496 e. The van der Waals surface area contributed by atoms with Gasteiger partial charge in [-0.05, 0) is 38.2 Å². The van der Waals surface area contributed by atoms with Crippen molar-refractivity contribution < 1.29 is 4.74 Å². The SMILES string of the molecule is COc1cccc2[nH]cc(CCN(C)C)c12.Cl. The second-order valence-electron chi connectivity index (χ2n) is 4.25. The molecule has 0 aliphatic carbocycles. The van der Waals surface area contributed by atoms with Crippen LogP contribution in [0.1, 0.15) is 5.56 Å². The number of benzene rings is 1. The molecule has 0 amide bonds. The smallest absolute Gasteiger partial charge is 0.128 e. The molecule has 0 bridgehead atoms. The minimum Gasteiger partial charge on any atom is -0.496 e. The fourth-order valence-corrected chi connectivity index (χ4v) is 1.93. The molecule has 2 rings (SSSR count). The van der Waals surface area contributed by atoms with Crippen LogP contribution in [-0.2, 0) is 6.42 Å². The quantitative estimate of drug-likeness (QED) is 0.909. The fraction of sp³-hybridized carbons (Fsp3) is 0.385. The number of nitrogens with one attached hydrogen (secondary N) is 1. The number of likely N-dealkylation sites (N-methyl/N-ethyl adjacent to an activating group) is 1. The highest BCUT2D eigenvalue weighted by Gasteiger charge is 2.08. The molecule has 0 saturated carbocycles. The Labute approximate surface area is 108 Å². The number of ether oxygens (including phenoxy) is 1. The average Bonchev–Trinajstić information content (AvgIpc) is 2.69. The van der Waals surface area contributed by atoms with Crippen molar-refractivity contribution in [1.82, 2.24) is 9.88 Å². The van der Waals surface area contributed by atoms with E-state index >= 15 is 0 Å². The van der Waals surface area contributed by atoms with Gasteiger partial charge in [-0.2, -0.15) is 0 Å². The molecule has 0 unspecified atom stereocenters. The van der Waals surface area contributed by atoms with Gasteiger partial charge in [-0.25, -0.2) is 0 Å². The number of H-pyrrole nitrogens is 1. The molecular weight excluding hydrogens is 236 g/mol. The molecule has 0 spiro atoms. The molecule has 1 aromatic heterocycles. The number of nitrogens with zero attached hydrogens (tertiary/aromatic N) is 1. The number of fused-ring (bicyclic) bond motifs is 1. The number of aromatic nitrogens is 1. The van der Waals surface area contributed by atoms with Crippen LogP contribution >= 0.6 is 12.4 Å². The van der Waals surface area contributed by atoms with E-state index in [2.05, 4.69) is 36.2 Å². The Morgan fingerprint density at radius 1 is 1.29 bits per heavy atom. The lowest BCUT2D eigenvalue weighted by atomic mass is 10.1. The number of halogens is 1. The van der Waals surface area contributed by atoms with E-state index in [1.54, 1.807) is 7.11 Å². The Morgan fingerprint density at radius 2 is 2.06 bits per heavy atom. The van der Waals surface area contributed by atoms with Crippen molar-refractivity contribution in [3.63, 3.8) is 0 Å². The van der Waals surface area contributed by atoms with E-state index in [0.717, 1.165) is 24.2 Å². The van der Waals surface area contributed by atoms with Gasteiger partial charge in [0, 0.05) is 23.6 Å². The van der Waals surface area contributed by atoms with E-state index in [1.807, 2.05) is 12.1 Å². The summed E-state index contributed by atoms with van der Waals surface area (Å²) in [6.45, 7) is 1.05. The second-order valence-corrected chi connectivity index (χ2v) is 4.25. The van der Waals surface area contributed by atoms with Crippen LogP contribution in [0, 0.1) is 0 Å². The minimum atomic E-state index is 0. The molecule has 0 saturated heterocycles. The van der Waals surface area contributed by atoms with Crippen molar-refractivity contribution in [3.8, 4) is 5.75 Å². The molecule has 94 valence electrons. The molecule has 1 N–H and O–H groups in total. The second kappa shape index (κ2) is 5.94. The van der Waals surface area contributed by atoms with Crippen molar-refractivity contribution in [3.05, 3.63) is 30.0 Å². The van der Waals surface area contributed by atoms with Crippen molar-refractivity contribution in [1.29, 1.82) is 0 Å². The molecule has 0 radical (unpaired) electrons. The summed E-state index contributed by atoms with van der Waals surface area (Å²) in [4.78, 5) is 5.48. The maximum absolute atomic E-state index is 5.40. The fourth-order valence-electron chi connectivity index (χ4n) is 1.93. The van der Waals surface area contributed by atoms with Crippen LogP contribution in [0.25, 0.3) is 10.9 Å². The molecule has 4 heteroatoms. The Hall–Kier alpha value is -1.19. The highest BCUT2D eigenvalue weighted by Crippen LogP contribution is 2.28. The van der Waals surface area contributed by atoms with Gasteiger partial charge in [0.15, 0.2) is 0 Å². The van der Waals surface area contributed by atoms with Crippen molar-refractivity contribution in [2.45, 2.75) is 6.42 Å². The van der Waals surface area contributed by atoms with Crippen LogP contribution in [0.5, 0.6) is 5.75 Å². The third-order valence-corrected chi connectivity index (χ3v) is 2.80. The lowest BCUT2D eigenvalue weighted by Gasteiger charge is -2.09. The van der Waals surface area contributed by atoms with Gasteiger partial charge >= 0.3 is 0 Å². The van der Waals surface area contributed by atoms with E-state index < -0.39 is 0 Å². The van der Waals surface area contributed by atoms with E-state index in [9.17, 15) is 0 Å². The molecular formula is C13H19ClN2O. The summed E-state index contributed by atoms with van der Waals surface area (Å²) < 4.78 is 5.40. The minimum absolute atomic E-state index is 0. The molecule has 17 heavy (non-hydrogen) atoms. The zero-order valence-corrected chi connectivity index (χ0v) is 11.3. The normalized spacial score (nSPS) is 10.6. The first-order valence-corrected chi connectivity index (χ1v) is 5.50. The predicted molar refractivity (Wildman–Crippen MR) is 74.4 cm³/mol. The summed E-state index contributed by atoms with van der Waals surface area (Å²) in [5.41, 5.74) is 2.47. The maximum atomic E-state index is 5.40. The van der Waals surface area contributed by atoms with Gasteiger partial charge in [0.25, 0.3) is 0 Å². The summed E-state index contributed by atoms with van der Waals surface area (Å²) in [5, 5.41) is 1.21. The Kier molecular flexibility index (Phi) is 4.85. The third kappa shape index (κ3) is 2.93. The van der Waals surface area contributed by atoms with Crippen molar-refractivity contribution >= 4 is 23.3 Å². The van der Waals surface area contributed by atoms with Gasteiger partial charge < -0.3 is 14.6 Å². The van der Waals surface area contributed by atoms with Gasteiger partial charge in [0.1, 0.15) is 5.75 Å². The van der Waals surface area contributed by atoms with Gasteiger partial charge in [-0.1, -0.05) is 6.07 Å². The topological polar surface area (TPSA) is 28.3 Å². The van der Waals surface area contributed by atoms with Crippen molar-refractivity contribution in [2.75, 3.05) is 27.7 Å². The summed E-state index contributed by atoms with van der Waals surface area (Å²) in [5.74, 6) is 0.951. The van der Waals surface area contributed by atoms with E-state index in [4.69, 9.17) is 4.74 Å². The molecule has 1 aromatic carbocycles. The molecule has 0 aliphatic heterocycles. The van der Waals surface area contributed by atoms with Gasteiger partial charge in [0.05, 0.1) is 7.11 Å². The number of methoxy groups -OCH3 is 1. The van der Waals surface area contributed by atoms with Crippen LogP contribution in [0.3, 0.4) is 0 Å². The highest BCUT2D eigenvalue weighted by atomic mass is 35.5. The maximum Gasteiger partial charge on any atom is 0.128 e. The third-order valence-electron chi connectivity index (χ3n) is 2.80. The number of rotatable bonds is 4. The highest BCUT2D eigenvalue weighted by molar-refractivity contribution is 5.89. The van der Waals surface area contributed by atoms with Crippen LogP contribution in [0.4, 0.5) is 0 Å². The van der Waals surface area contributed by atoms with Gasteiger partial charge in [-0.15, -0.1) is 12.4 Å². The first kappa shape index (κ1) is 13.9. The molecule has 0 fully saturated rings. The Balaban J connectivity index is 0.00000144. The van der Waals surface area contributed by atoms with Crippen LogP contribution < -0.4 is 4.74 Å². The lowest BCUT2D eigenvalue weighted by Crippen LogP contribution is -2.14. The molecule has 0 aliphatic rings. The first-order chi connectivity index (χ1) is 7.72. The zero-order chi connectivity index (χ0) is 11.5. The zero-order valence-electron chi connectivity index (χ0n) is 10.5. The summed E-state index contributed by atoms with van der Waals surface area (Å²) in [7, 11) is 5.90. The predicted octanol–water partition coefficient (Wildman–Crippen LogP) is 2.70. The van der Waals surface area contributed by atoms with E-state index in [-0.39, 0.29) is 12.4 Å². The summed E-state index contributed by atoms with van der Waals surface area (Å²) in [6, 6.07) is 6.10. The number of hydrogen-bond donors (Lipinski definition) is 1. The van der Waals surface area contributed by atoms with Crippen LogP contribution in [-0.4, -0.2) is 37.6 Å². The van der Waals surface area contributed by atoms with Crippen LogP contribution in [0.2, 0.25) is 0 Å². The van der Waals surface area contributed by atoms with Gasteiger partial charge in [-0.3, -0.25) is 0 Å². The van der Waals surface area contributed by atoms with Gasteiger partial charge in [0.2, 0.25) is 0 Å². The Bertz CT molecular complexity index is 479. The molecule has 3 nitrogen and oxygen atoms in total. The van der Waals surface area contributed by atoms with Crippen LogP contribution in [0.15, 0.2) is 24.4 Å². The van der Waals surface area contributed by atoms with E-state index in [1.165, 1.54) is 10.9 Å².